The Labute approximate surface area is 143 Å². The molecule has 1 N–H and O–H groups in total. The van der Waals surface area contributed by atoms with Crippen molar-refractivity contribution in [2.24, 2.45) is 0 Å². The minimum Gasteiger partial charge on any atom is -0.323 e. The number of nitrogens with one attached hydrogen (secondary N) is 1. The van der Waals surface area contributed by atoms with Gasteiger partial charge in [0.25, 0.3) is 0 Å². The van der Waals surface area contributed by atoms with Gasteiger partial charge in [-0.05, 0) is 24.3 Å². The van der Waals surface area contributed by atoms with E-state index in [1.54, 1.807) is 12.1 Å². The van der Waals surface area contributed by atoms with Crippen molar-refractivity contribution in [3.63, 3.8) is 0 Å². The van der Waals surface area contributed by atoms with Crippen LogP contribution in [0.3, 0.4) is 0 Å². The van der Waals surface area contributed by atoms with E-state index < -0.39 is 11.9 Å². The largest absolute Gasteiger partial charge is 0.435 e. The second kappa shape index (κ2) is 6.71. The van der Waals surface area contributed by atoms with Gasteiger partial charge in [0.2, 0.25) is 5.91 Å². The van der Waals surface area contributed by atoms with E-state index in [1.807, 2.05) is 0 Å². The van der Waals surface area contributed by atoms with Gasteiger partial charge in [0.1, 0.15) is 5.82 Å². The summed E-state index contributed by atoms with van der Waals surface area (Å²) in [6.45, 7) is 0. The van der Waals surface area contributed by atoms with E-state index >= 15 is 0 Å². The molecule has 0 radical (unpaired) electrons. The zero-order chi connectivity index (χ0) is 18.0. The fourth-order valence-corrected chi connectivity index (χ4v) is 2.66. The highest BCUT2D eigenvalue weighted by Crippen LogP contribution is 2.28. The summed E-state index contributed by atoms with van der Waals surface area (Å²) in [7, 11) is 0. The molecule has 5 nitrogen and oxygen atoms in total. The molecule has 0 aliphatic rings. The average molecular weight is 370 g/mol. The molecule has 10 heteroatoms. The number of fused-ring (bicyclic) bond motifs is 1. The topological polar surface area (TPSA) is 59.3 Å². The van der Waals surface area contributed by atoms with Crippen molar-refractivity contribution < 1.29 is 22.4 Å². The number of carbonyl (C=O) groups is 1. The SMILES string of the molecule is O=C(CSc1ccc(F)cc1)Nc1cnc2cc(C(F)(F)F)nn2c1. The molecule has 0 saturated carbocycles. The highest BCUT2D eigenvalue weighted by molar-refractivity contribution is 8.00. The van der Waals surface area contributed by atoms with Crippen molar-refractivity contribution in [2.45, 2.75) is 11.1 Å². The molecule has 1 aromatic carbocycles. The van der Waals surface area contributed by atoms with E-state index in [2.05, 4.69) is 15.4 Å². The number of benzene rings is 1. The number of alkyl halides is 3. The number of halogens is 4. The molecule has 2 heterocycles. The number of anilines is 1. The third-order valence-corrected chi connectivity index (χ3v) is 4.08. The summed E-state index contributed by atoms with van der Waals surface area (Å²) in [5.41, 5.74) is -0.824. The smallest absolute Gasteiger partial charge is 0.323 e. The summed E-state index contributed by atoms with van der Waals surface area (Å²) >= 11 is 1.20. The van der Waals surface area contributed by atoms with Crippen LogP contribution in [-0.4, -0.2) is 26.3 Å². The van der Waals surface area contributed by atoms with Gasteiger partial charge in [-0.15, -0.1) is 11.8 Å². The van der Waals surface area contributed by atoms with Crippen LogP contribution in [0, 0.1) is 5.82 Å². The van der Waals surface area contributed by atoms with Crippen molar-refractivity contribution in [1.82, 2.24) is 14.6 Å². The molecule has 1 amide bonds. The molecule has 0 aliphatic carbocycles. The predicted molar refractivity (Wildman–Crippen MR) is 83.7 cm³/mol. The Morgan fingerprint density at radius 3 is 2.64 bits per heavy atom. The lowest BCUT2D eigenvalue weighted by atomic mass is 10.4. The van der Waals surface area contributed by atoms with Gasteiger partial charge in [0.15, 0.2) is 11.3 Å². The van der Waals surface area contributed by atoms with Crippen LogP contribution in [0.2, 0.25) is 0 Å². The van der Waals surface area contributed by atoms with Gasteiger partial charge in [-0.25, -0.2) is 13.9 Å². The maximum absolute atomic E-state index is 12.8. The molecular weight excluding hydrogens is 360 g/mol. The van der Waals surface area contributed by atoms with Crippen LogP contribution < -0.4 is 5.32 Å². The highest BCUT2D eigenvalue weighted by atomic mass is 32.2. The third kappa shape index (κ3) is 4.27. The van der Waals surface area contributed by atoms with E-state index in [4.69, 9.17) is 0 Å². The summed E-state index contributed by atoms with van der Waals surface area (Å²) < 4.78 is 51.6. The Balaban J connectivity index is 1.65. The van der Waals surface area contributed by atoms with E-state index in [0.29, 0.717) is 4.90 Å². The maximum atomic E-state index is 12.8. The van der Waals surface area contributed by atoms with Crippen molar-refractivity contribution in [2.75, 3.05) is 11.1 Å². The molecule has 0 spiro atoms. The van der Waals surface area contributed by atoms with Crippen molar-refractivity contribution in [3.8, 4) is 0 Å². The van der Waals surface area contributed by atoms with E-state index in [1.165, 1.54) is 36.3 Å². The van der Waals surface area contributed by atoms with Gasteiger partial charge >= 0.3 is 6.18 Å². The van der Waals surface area contributed by atoms with Gasteiger partial charge < -0.3 is 5.32 Å². The number of thioether (sulfide) groups is 1. The first-order valence-corrected chi connectivity index (χ1v) is 7.91. The first kappa shape index (κ1) is 17.2. The molecular formula is C15H10F4N4OS. The molecule has 0 fully saturated rings. The second-order valence-electron chi connectivity index (χ2n) is 4.96. The van der Waals surface area contributed by atoms with Crippen LogP contribution in [0.5, 0.6) is 0 Å². The number of hydrogen-bond acceptors (Lipinski definition) is 4. The fourth-order valence-electron chi connectivity index (χ4n) is 1.96. The quantitative estimate of drug-likeness (QED) is 0.563. The molecule has 0 atom stereocenters. The van der Waals surface area contributed by atoms with E-state index in [-0.39, 0.29) is 28.8 Å². The minimum atomic E-state index is -4.57. The number of carbonyl (C=O) groups excluding carboxylic acids is 1. The number of rotatable bonds is 4. The van der Waals surface area contributed by atoms with Crippen molar-refractivity contribution >= 4 is 29.0 Å². The molecule has 0 bridgehead atoms. The first-order chi connectivity index (χ1) is 11.8. The molecule has 25 heavy (non-hydrogen) atoms. The van der Waals surface area contributed by atoms with Gasteiger partial charge in [-0.1, -0.05) is 0 Å². The molecule has 0 unspecified atom stereocenters. The first-order valence-electron chi connectivity index (χ1n) is 6.92. The summed E-state index contributed by atoms with van der Waals surface area (Å²) in [5.74, 6) is -0.694. The number of aromatic nitrogens is 3. The Kier molecular flexibility index (Phi) is 4.62. The lowest BCUT2D eigenvalue weighted by molar-refractivity contribution is -0.141. The highest BCUT2D eigenvalue weighted by Gasteiger charge is 2.34. The lowest BCUT2D eigenvalue weighted by Crippen LogP contribution is -2.14. The maximum Gasteiger partial charge on any atom is 0.435 e. The monoisotopic (exact) mass is 370 g/mol. The zero-order valence-corrected chi connectivity index (χ0v) is 13.2. The number of hydrogen-bond donors (Lipinski definition) is 1. The fraction of sp³-hybridized carbons (Fsp3) is 0.133. The Morgan fingerprint density at radius 1 is 1.24 bits per heavy atom. The Hall–Kier alpha value is -2.62. The van der Waals surface area contributed by atoms with Crippen LogP contribution in [0.15, 0.2) is 47.6 Å². The second-order valence-corrected chi connectivity index (χ2v) is 6.01. The van der Waals surface area contributed by atoms with Crippen LogP contribution in [0.4, 0.5) is 23.2 Å². The van der Waals surface area contributed by atoms with Gasteiger partial charge in [0.05, 0.1) is 23.8 Å². The molecule has 0 saturated heterocycles. The lowest BCUT2D eigenvalue weighted by Gasteiger charge is -2.05. The van der Waals surface area contributed by atoms with E-state index in [9.17, 15) is 22.4 Å². The summed E-state index contributed by atoms with van der Waals surface area (Å²) in [5, 5.41) is 5.92. The summed E-state index contributed by atoms with van der Waals surface area (Å²) in [6.07, 6.45) is -2.07. The zero-order valence-electron chi connectivity index (χ0n) is 12.4. The molecule has 3 rings (SSSR count). The molecule has 0 aliphatic heterocycles. The average Bonchev–Trinajstić information content (AvgIpc) is 2.98. The number of amides is 1. The van der Waals surface area contributed by atoms with Crippen LogP contribution >= 0.6 is 11.8 Å². The predicted octanol–water partition coefficient (Wildman–Crippen LogP) is 3.62. The van der Waals surface area contributed by atoms with Crippen LogP contribution in [0.1, 0.15) is 5.69 Å². The standard InChI is InChI=1S/C15H10F4N4OS/c16-9-1-3-11(4-2-9)25-8-14(24)21-10-6-20-13-5-12(15(17,18)19)22-23(13)7-10/h1-7H,8H2,(H,21,24). The van der Waals surface area contributed by atoms with Crippen LogP contribution in [0.25, 0.3) is 5.65 Å². The minimum absolute atomic E-state index is 0.0195. The molecule has 3 aromatic rings. The van der Waals surface area contributed by atoms with E-state index in [0.717, 1.165) is 10.6 Å². The number of nitrogens with zero attached hydrogens (tertiary/aromatic N) is 3. The van der Waals surface area contributed by atoms with Crippen molar-refractivity contribution in [1.29, 1.82) is 0 Å². The van der Waals surface area contributed by atoms with Crippen molar-refractivity contribution in [3.05, 3.63) is 54.2 Å². The normalized spacial score (nSPS) is 11.7. The van der Waals surface area contributed by atoms with Gasteiger partial charge in [-0.3, -0.25) is 4.79 Å². The molecule has 130 valence electrons. The molecule has 2 aromatic heterocycles. The van der Waals surface area contributed by atoms with Gasteiger partial charge in [-0.2, -0.15) is 18.3 Å². The third-order valence-electron chi connectivity index (χ3n) is 3.07. The Bertz CT molecular complexity index is 908. The van der Waals surface area contributed by atoms with Crippen LogP contribution in [-0.2, 0) is 11.0 Å². The Morgan fingerprint density at radius 2 is 1.96 bits per heavy atom. The van der Waals surface area contributed by atoms with Gasteiger partial charge in [0, 0.05) is 11.0 Å². The summed E-state index contributed by atoms with van der Waals surface area (Å²) in [4.78, 5) is 16.5. The summed E-state index contributed by atoms with van der Waals surface area (Å²) in [6, 6.07) is 6.48.